The van der Waals surface area contributed by atoms with Crippen molar-refractivity contribution in [1.82, 2.24) is 20.2 Å². The number of aromatic nitrogens is 4. The summed E-state index contributed by atoms with van der Waals surface area (Å²) in [5.41, 5.74) is 7.23. The second-order valence-corrected chi connectivity index (χ2v) is 4.73. The Bertz CT molecular complexity index is 618. The maximum Gasteiger partial charge on any atom is 0.200 e. The molecule has 0 saturated carbocycles. The van der Waals surface area contributed by atoms with Crippen LogP contribution in [0.15, 0.2) is 0 Å². The zero-order chi connectivity index (χ0) is 13.4. The van der Waals surface area contributed by atoms with E-state index in [1.807, 2.05) is 20.8 Å². The first-order chi connectivity index (χ1) is 8.41. The van der Waals surface area contributed by atoms with E-state index in [9.17, 15) is 0 Å². The van der Waals surface area contributed by atoms with Crippen LogP contribution in [0.5, 0.6) is 0 Å². The number of rotatable bonds is 1. The maximum atomic E-state index is 4.61. The van der Waals surface area contributed by atoms with E-state index in [1.165, 1.54) is 11.1 Å². The fraction of sp³-hybridized carbons (Fsp3) is 0.429. The molecule has 0 aromatic carbocycles. The number of hydrogen-bond acceptors (Lipinski definition) is 4. The van der Waals surface area contributed by atoms with Crippen LogP contribution in [0.2, 0.25) is 0 Å². The molecular weight excluding hydrogens is 224 g/mol. The maximum absolute atomic E-state index is 4.61. The normalized spacial score (nSPS) is 10.8. The highest BCUT2D eigenvalue weighted by molar-refractivity contribution is 5.58. The quantitative estimate of drug-likeness (QED) is 0.771. The van der Waals surface area contributed by atoms with Crippen LogP contribution in [0.25, 0.3) is 11.5 Å². The van der Waals surface area contributed by atoms with Gasteiger partial charge in [0.15, 0.2) is 0 Å². The van der Waals surface area contributed by atoms with Crippen LogP contribution < -0.4 is 0 Å². The molecule has 18 heavy (non-hydrogen) atoms. The van der Waals surface area contributed by atoms with Gasteiger partial charge in [0, 0.05) is 5.69 Å². The van der Waals surface area contributed by atoms with Crippen molar-refractivity contribution in [3.8, 4) is 11.5 Å². The highest BCUT2D eigenvalue weighted by Crippen LogP contribution is 2.24. The van der Waals surface area contributed by atoms with Crippen LogP contribution in [-0.4, -0.2) is 20.2 Å². The van der Waals surface area contributed by atoms with E-state index in [4.69, 9.17) is 0 Å². The van der Waals surface area contributed by atoms with Gasteiger partial charge in [-0.2, -0.15) is 5.10 Å². The van der Waals surface area contributed by atoms with Crippen molar-refractivity contribution >= 4 is 0 Å². The average molecular weight is 242 g/mol. The summed E-state index contributed by atoms with van der Waals surface area (Å²) in [6.07, 6.45) is 0. The third-order valence-corrected chi connectivity index (χ3v) is 3.61. The van der Waals surface area contributed by atoms with Gasteiger partial charge in [0.05, 0.1) is 11.4 Å². The largest absolute Gasteiger partial charge is 0.249 e. The van der Waals surface area contributed by atoms with Crippen LogP contribution in [-0.2, 0) is 0 Å². The lowest BCUT2D eigenvalue weighted by Gasteiger charge is -2.12. The van der Waals surface area contributed by atoms with E-state index < -0.39 is 0 Å². The monoisotopic (exact) mass is 242 g/mol. The second-order valence-electron chi connectivity index (χ2n) is 4.73. The Morgan fingerprint density at radius 1 is 0.556 bits per heavy atom. The lowest BCUT2D eigenvalue weighted by Crippen LogP contribution is -2.05. The molecular formula is C14H18N4. The van der Waals surface area contributed by atoms with Gasteiger partial charge in [-0.15, -0.1) is 5.10 Å². The van der Waals surface area contributed by atoms with Gasteiger partial charge >= 0.3 is 0 Å². The molecule has 0 N–H and O–H groups in total. The van der Waals surface area contributed by atoms with Gasteiger partial charge in [-0.1, -0.05) is 0 Å². The first-order valence-electron chi connectivity index (χ1n) is 6.04. The summed E-state index contributed by atoms with van der Waals surface area (Å²) in [7, 11) is 0. The summed E-state index contributed by atoms with van der Waals surface area (Å²) in [5, 5.41) is 8.28. The Morgan fingerprint density at radius 3 is 1.83 bits per heavy atom. The molecule has 0 aliphatic carbocycles. The molecule has 0 atom stereocenters. The van der Waals surface area contributed by atoms with E-state index in [-0.39, 0.29) is 0 Å². The molecule has 0 unspecified atom stereocenters. The van der Waals surface area contributed by atoms with Crippen molar-refractivity contribution < 1.29 is 0 Å². The molecule has 0 aliphatic rings. The Hall–Kier alpha value is -1.84. The Morgan fingerprint density at radius 2 is 1.22 bits per heavy atom. The van der Waals surface area contributed by atoms with E-state index in [0.717, 1.165) is 28.3 Å². The minimum absolute atomic E-state index is 0.613. The predicted octanol–water partition coefficient (Wildman–Crippen LogP) is 2.78. The molecule has 2 heterocycles. The molecule has 0 bridgehead atoms. The van der Waals surface area contributed by atoms with Gasteiger partial charge in [-0.05, 0) is 58.2 Å². The highest BCUT2D eigenvalue weighted by Gasteiger charge is 2.14. The third kappa shape index (κ3) is 1.98. The minimum Gasteiger partial charge on any atom is -0.249 e. The lowest BCUT2D eigenvalue weighted by atomic mass is 10.0. The van der Waals surface area contributed by atoms with E-state index in [2.05, 4.69) is 40.9 Å². The number of hydrogen-bond donors (Lipinski definition) is 0. The van der Waals surface area contributed by atoms with Crippen LogP contribution >= 0.6 is 0 Å². The summed E-state index contributed by atoms with van der Waals surface area (Å²) in [6.45, 7) is 12.1. The second kappa shape index (κ2) is 4.44. The van der Waals surface area contributed by atoms with Crippen LogP contribution in [0.1, 0.15) is 33.8 Å². The highest BCUT2D eigenvalue weighted by atomic mass is 15.2. The molecule has 94 valence electrons. The first kappa shape index (κ1) is 12.6. The van der Waals surface area contributed by atoms with Gasteiger partial charge in [0.1, 0.15) is 5.69 Å². The molecule has 0 fully saturated rings. The van der Waals surface area contributed by atoms with E-state index >= 15 is 0 Å². The number of aryl methyl sites for hydroxylation is 3. The summed E-state index contributed by atoms with van der Waals surface area (Å²) in [5.74, 6) is 0.613. The van der Waals surface area contributed by atoms with Crippen molar-refractivity contribution in [3.63, 3.8) is 0 Å². The van der Waals surface area contributed by atoms with E-state index in [1.54, 1.807) is 0 Å². The zero-order valence-corrected chi connectivity index (χ0v) is 11.8. The zero-order valence-electron chi connectivity index (χ0n) is 11.8. The van der Waals surface area contributed by atoms with Crippen molar-refractivity contribution in [2.45, 2.75) is 41.5 Å². The number of pyridine rings is 1. The standard InChI is InChI=1S/C14H18N4/c1-7-8(2)10(4)15-13(9(7)3)14-16-11(5)12(6)17-18-14/h1-6H3. The fourth-order valence-corrected chi connectivity index (χ4v) is 1.84. The van der Waals surface area contributed by atoms with Crippen LogP contribution in [0, 0.1) is 41.5 Å². The SMILES string of the molecule is Cc1nnc(-c2nc(C)c(C)c(C)c2C)nc1C. The predicted molar refractivity (Wildman–Crippen MR) is 71.5 cm³/mol. The smallest absolute Gasteiger partial charge is 0.200 e. The van der Waals surface area contributed by atoms with Crippen molar-refractivity contribution in [2.75, 3.05) is 0 Å². The fourth-order valence-electron chi connectivity index (χ4n) is 1.84. The molecule has 0 saturated heterocycles. The molecule has 2 aromatic heterocycles. The van der Waals surface area contributed by atoms with Crippen molar-refractivity contribution in [1.29, 1.82) is 0 Å². The first-order valence-corrected chi connectivity index (χ1v) is 6.04. The number of nitrogens with zero attached hydrogens (tertiary/aromatic N) is 4. The average Bonchev–Trinajstić information content (AvgIpc) is 2.35. The molecule has 2 aromatic rings. The van der Waals surface area contributed by atoms with Gasteiger partial charge in [0.2, 0.25) is 5.82 Å². The molecule has 0 amide bonds. The Balaban J connectivity index is 2.67. The molecule has 4 nitrogen and oxygen atoms in total. The molecule has 0 radical (unpaired) electrons. The third-order valence-electron chi connectivity index (χ3n) is 3.61. The Labute approximate surface area is 108 Å². The lowest BCUT2D eigenvalue weighted by molar-refractivity contribution is 0.893. The van der Waals surface area contributed by atoms with Crippen LogP contribution in [0.4, 0.5) is 0 Å². The minimum atomic E-state index is 0.613. The molecule has 2 rings (SSSR count). The van der Waals surface area contributed by atoms with Gasteiger partial charge in [-0.3, -0.25) is 0 Å². The van der Waals surface area contributed by atoms with Gasteiger partial charge in [0.25, 0.3) is 0 Å². The van der Waals surface area contributed by atoms with Gasteiger partial charge < -0.3 is 0 Å². The van der Waals surface area contributed by atoms with Crippen LogP contribution in [0.3, 0.4) is 0 Å². The van der Waals surface area contributed by atoms with E-state index in [0.29, 0.717) is 5.82 Å². The molecule has 0 aliphatic heterocycles. The summed E-state index contributed by atoms with van der Waals surface area (Å²) >= 11 is 0. The summed E-state index contributed by atoms with van der Waals surface area (Å²) in [4.78, 5) is 9.09. The Kier molecular flexibility index (Phi) is 3.11. The summed E-state index contributed by atoms with van der Waals surface area (Å²) in [6, 6.07) is 0. The molecule has 4 heteroatoms. The van der Waals surface area contributed by atoms with Crippen molar-refractivity contribution in [3.05, 3.63) is 33.8 Å². The molecule has 0 spiro atoms. The van der Waals surface area contributed by atoms with Crippen molar-refractivity contribution in [2.24, 2.45) is 0 Å². The van der Waals surface area contributed by atoms with Gasteiger partial charge in [-0.25, -0.2) is 9.97 Å². The topological polar surface area (TPSA) is 51.6 Å². The summed E-state index contributed by atoms with van der Waals surface area (Å²) < 4.78 is 0.